The van der Waals surface area contributed by atoms with Crippen molar-refractivity contribution >= 4 is 30.2 Å². The molecule has 1 aromatic rings. The highest BCUT2D eigenvalue weighted by Crippen LogP contribution is 2.33. The Bertz CT molecular complexity index is 473. The molecule has 1 N–H and O–H groups in total. The molecular weight excluding hydrogens is 238 g/mol. The number of hydrogen-bond donors (Lipinski definition) is 2. The number of carbonyl (C=O) groups is 2. The van der Waals surface area contributed by atoms with Gasteiger partial charge in [0.05, 0.1) is 5.25 Å². The van der Waals surface area contributed by atoms with Crippen molar-refractivity contribution in [2.45, 2.75) is 24.6 Å². The molecule has 0 spiro atoms. The first-order valence-electron chi connectivity index (χ1n) is 5.34. The fourth-order valence-corrected chi connectivity index (χ4v) is 2.18. The van der Waals surface area contributed by atoms with Crippen LogP contribution in [0.15, 0.2) is 24.3 Å². The van der Waals surface area contributed by atoms with Gasteiger partial charge in [0.1, 0.15) is 6.04 Å². The van der Waals surface area contributed by atoms with Gasteiger partial charge >= 0.3 is 5.97 Å². The Labute approximate surface area is 105 Å². The summed E-state index contributed by atoms with van der Waals surface area (Å²) in [7, 11) is 0. The van der Waals surface area contributed by atoms with Gasteiger partial charge in [0.2, 0.25) is 5.91 Å². The first-order chi connectivity index (χ1) is 8.02. The number of carbonyl (C=O) groups excluding carboxylic acids is 1. The summed E-state index contributed by atoms with van der Waals surface area (Å²) >= 11 is 4.08. The summed E-state index contributed by atoms with van der Waals surface area (Å²) in [5, 5.41) is 8.66. The average Bonchev–Trinajstić information content (AvgIpc) is 2.67. The molecule has 4 nitrogen and oxygen atoms in total. The van der Waals surface area contributed by atoms with Crippen molar-refractivity contribution in [1.82, 2.24) is 0 Å². The van der Waals surface area contributed by atoms with Crippen LogP contribution in [0.2, 0.25) is 0 Å². The van der Waals surface area contributed by atoms with Gasteiger partial charge in [-0.3, -0.25) is 9.69 Å². The lowest BCUT2D eigenvalue weighted by atomic mass is 10.1. The molecule has 2 atom stereocenters. The highest BCUT2D eigenvalue weighted by molar-refractivity contribution is 7.81. The Balaban J connectivity index is 2.44. The number of amides is 1. The number of nitrogens with zero attached hydrogens (tertiary/aromatic N) is 1. The number of rotatable bonds is 2. The van der Waals surface area contributed by atoms with Gasteiger partial charge in [-0.1, -0.05) is 18.2 Å². The van der Waals surface area contributed by atoms with E-state index in [-0.39, 0.29) is 5.91 Å². The van der Waals surface area contributed by atoms with Gasteiger partial charge in [0.25, 0.3) is 0 Å². The van der Waals surface area contributed by atoms with Crippen LogP contribution >= 0.6 is 12.6 Å². The van der Waals surface area contributed by atoms with E-state index < -0.39 is 17.3 Å². The zero-order valence-electron chi connectivity index (χ0n) is 9.33. The van der Waals surface area contributed by atoms with E-state index in [9.17, 15) is 9.59 Å². The third-order valence-corrected chi connectivity index (χ3v) is 3.08. The first kappa shape index (κ1) is 12.0. The SMILES string of the molecule is C[C@H](S)C(=O)N1c2ccccc2C[C@H]1C(=O)O. The summed E-state index contributed by atoms with van der Waals surface area (Å²) in [6.45, 7) is 1.64. The summed E-state index contributed by atoms with van der Waals surface area (Å²) in [4.78, 5) is 24.5. The molecule has 1 aromatic carbocycles. The molecule has 0 saturated carbocycles. The van der Waals surface area contributed by atoms with Gasteiger partial charge in [-0.25, -0.2) is 4.79 Å². The predicted molar refractivity (Wildman–Crippen MR) is 67.5 cm³/mol. The molecule has 17 heavy (non-hydrogen) atoms. The molecule has 0 saturated heterocycles. The number of aliphatic carboxylic acids is 1. The maximum atomic E-state index is 12.0. The van der Waals surface area contributed by atoms with Crippen molar-refractivity contribution in [3.05, 3.63) is 29.8 Å². The third kappa shape index (κ3) is 2.02. The summed E-state index contributed by atoms with van der Waals surface area (Å²) in [5.74, 6) is -1.26. The van der Waals surface area contributed by atoms with Gasteiger partial charge in [0.15, 0.2) is 0 Å². The van der Waals surface area contributed by atoms with Crippen LogP contribution in [0, 0.1) is 0 Å². The van der Waals surface area contributed by atoms with Crippen LogP contribution in [-0.2, 0) is 16.0 Å². The molecule has 1 heterocycles. The van der Waals surface area contributed by atoms with Crippen molar-refractivity contribution in [3.8, 4) is 0 Å². The number of thiol groups is 1. The number of para-hydroxylation sites is 1. The average molecular weight is 251 g/mol. The second-order valence-electron chi connectivity index (χ2n) is 4.07. The maximum Gasteiger partial charge on any atom is 0.327 e. The molecule has 0 unspecified atom stereocenters. The van der Waals surface area contributed by atoms with Gasteiger partial charge in [-0.15, -0.1) is 0 Å². The Hall–Kier alpha value is -1.49. The standard InChI is InChI=1S/C12H13NO3S/c1-7(17)11(14)13-9-5-3-2-4-8(9)6-10(13)12(15)16/h2-5,7,10,17H,6H2,1H3,(H,15,16)/t7-,10-/m0/s1. The molecule has 0 fully saturated rings. The molecule has 0 aliphatic carbocycles. The van der Waals surface area contributed by atoms with E-state index in [2.05, 4.69) is 12.6 Å². The molecular formula is C12H13NO3S. The number of carboxylic acids is 1. The molecule has 0 radical (unpaired) electrons. The minimum Gasteiger partial charge on any atom is -0.480 e. The van der Waals surface area contributed by atoms with Crippen LogP contribution in [0.3, 0.4) is 0 Å². The molecule has 1 aliphatic rings. The van der Waals surface area contributed by atoms with E-state index in [1.165, 1.54) is 4.90 Å². The van der Waals surface area contributed by atoms with Crippen molar-refractivity contribution in [2.75, 3.05) is 4.90 Å². The van der Waals surface area contributed by atoms with Crippen LogP contribution in [0.5, 0.6) is 0 Å². The Morgan fingerprint density at radius 1 is 1.47 bits per heavy atom. The minimum absolute atomic E-state index is 0.273. The van der Waals surface area contributed by atoms with Crippen molar-refractivity contribution in [1.29, 1.82) is 0 Å². The van der Waals surface area contributed by atoms with Gasteiger partial charge < -0.3 is 5.11 Å². The Morgan fingerprint density at radius 2 is 2.12 bits per heavy atom. The van der Waals surface area contributed by atoms with E-state index >= 15 is 0 Å². The second-order valence-corrected chi connectivity index (χ2v) is 4.85. The maximum absolute atomic E-state index is 12.0. The van der Waals surface area contributed by atoms with Crippen molar-refractivity contribution < 1.29 is 14.7 Å². The number of hydrogen-bond acceptors (Lipinski definition) is 3. The molecule has 5 heteroatoms. The second kappa shape index (κ2) is 4.41. The molecule has 90 valence electrons. The van der Waals surface area contributed by atoms with Crippen LogP contribution < -0.4 is 4.90 Å². The third-order valence-electron chi connectivity index (χ3n) is 2.86. The number of anilines is 1. The summed E-state index contributed by atoms with van der Waals surface area (Å²) in [5.41, 5.74) is 1.58. The number of fused-ring (bicyclic) bond motifs is 1. The summed E-state index contributed by atoms with van der Waals surface area (Å²) < 4.78 is 0. The fourth-order valence-electron chi connectivity index (χ4n) is 2.06. The zero-order chi connectivity index (χ0) is 12.6. The predicted octanol–water partition coefficient (Wildman–Crippen LogP) is 1.35. The Kier molecular flexibility index (Phi) is 3.11. The van der Waals surface area contributed by atoms with Gasteiger partial charge in [0, 0.05) is 12.1 Å². The van der Waals surface area contributed by atoms with E-state index in [0.29, 0.717) is 12.1 Å². The van der Waals surface area contributed by atoms with Gasteiger partial charge in [-0.2, -0.15) is 12.6 Å². The number of benzene rings is 1. The lowest BCUT2D eigenvalue weighted by molar-refractivity contribution is -0.139. The number of carboxylic acid groups (broad SMARTS) is 1. The largest absolute Gasteiger partial charge is 0.480 e. The van der Waals surface area contributed by atoms with E-state index in [0.717, 1.165) is 5.56 Å². The summed E-state index contributed by atoms with van der Waals surface area (Å²) in [6, 6.07) is 6.45. The molecule has 0 aromatic heterocycles. The monoisotopic (exact) mass is 251 g/mol. The van der Waals surface area contributed by atoms with Crippen molar-refractivity contribution in [3.63, 3.8) is 0 Å². The lowest BCUT2D eigenvalue weighted by Crippen LogP contribution is -2.45. The minimum atomic E-state index is -0.983. The topological polar surface area (TPSA) is 57.6 Å². The smallest absolute Gasteiger partial charge is 0.327 e. The molecule has 0 bridgehead atoms. The quantitative estimate of drug-likeness (QED) is 0.780. The van der Waals surface area contributed by atoms with Crippen LogP contribution in [0.25, 0.3) is 0 Å². The van der Waals surface area contributed by atoms with Gasteiger partial charge in [-0.05, 0) is 18.6 Å². The molecule has 1 amide bonds. The fraction of sp³-hybridized carbons (Fsp3) is 0.333. The Morgan fingerprint density at radius 3 is 2.71 bits per heavy atom. The highest BCUT2D eigenvalue weighted by Gasteiger charge is 2.38. The van der Waals surface area contributed by atoms with Crippen LogP contribution in [0.1, 0.15) is 12.5 Å². The lowest BCUT2D eigenvalue weighted by Gasteiger charge is -2.24. The summed E-state index contributed by atoms with van der Waals surface area (Å²) in [6.07, 6.45) is 0.359. The van der Waals surface area contributed by atoms with Crippen LogP contribution in [0.4, 0.5) is 5.69 Å². The highest BCUT2D eigenvalue weighted by atomic mass is 32.1. The first-order valence-corrected chi connectivity index (χ1v) is 5.86. The molecule has 2 rings (SSSR count). The van der Waals surface area contributed by atoms with E-state index in [4.69, 9.17) is 5.11 Å². The molecule has 1 aliphatic heterocycles. The van der Waals surface area contributed by atoms with Crippen LogP contribution in [-0.4, -0.2) is 28.3 Å². The van der Waals surface area contributed by atoms with E-state index in [1.54, 1.807) is 19.1 Å². The van der Waals surface area contributed by atoms with E-state index in [1.807, 2.05) is 12.1 Å². The normalized spacial score (nSPS) is 19.9. The van der Waals surface area contributed by atoms with Crippen molar-refractivity contribution in [2.24, 2.45) is 0 Å². The zero-order valence-corrected chi connectivity index (χ0v) is 10.2.